The molecule has 0 aromatic rings. The standard InChI is InChI=1S/C24H48O9Si2/c1-23(2,3)34(7,8)30-13-16-18(26)19(27)20(28)22(32-16)33-21-15(25)11-12-29-17(21)14-31-35(9,10)24(4,5)6/h11-12,15-22,25-28H,13-14H2,1-10H3/t15-,16-,17-,18+,19+,20-,21-,22+/m1/s1. The first kappa shape index (κ1) is 30.9. The van der Waals surface area contributed by atoms with Crippen LogP contribution >= 0.6 is 0 Å². The molecular formula is C24H48O9Si2. The minimum atomic E-state index is -2.15. The third-order valence-electron chi connectivity index (χ3n) is 8.02. The quantitative estimate of drug-likeness (QED) is 0.346. The summed E-state index contributed by atoms with van der Waals surface area (Å²) in [5, 5.41) is 42.2. The lowest BCUT2D eigenvalue weighted by Gasteiger charge is -2.45. The third kappa shape index (κ3) is 7.37. The lowest BCUT2D eigenvalue weighted by Crippen LogP contribution is -2.62. The first-order valence-electron chi connectivity index (χ1n) is 12.4. The summed E-state index contributed by atoms with van der Waals surface area (Å²) < 4.78 is 30.0. The number of hydrogen-bond donors (Lipinski definition) is 4. The predicted molar refractivity (Wildman–Crippen MR) is 138 cm³/mol. The maximum atomic E-state index is 10.6. The Labute approximate surface area is 212 Å². The van der Waals surface area contributed by atoms with Crippen LogP contribution in [0.2, 0.25) is 36.3 Å². The molecule has 0 aliphatic carbocycles. The van der Waals surface area contributed by atoms with E-state index in [1.54, 1.807) is 0 Å². The first-order chi connectivity index (χ1) is 15.8. The minimum Gasteiger partial charge on any atom is -0.493 e. The van der Waals surface area contributed by atoms with Crippen LogP contribution in [0, 0.1) is 0 Å². The molecule has 11 heteroatoms. The van der Waals surface area contributed by atoms with Gasteiger partial charge in [0.2, 0.25) is 0 Å². The van der Waals surface area contributed by atoms with Gasteiger partial charge < -0.3 is 43.5 Å². The van der Waals surface area contributed by atoms with Gasteiger partial charge in [-0.1, -0.05) is 41.5 Å². The van der Waals surface area contributed by atoms with Crippen molar-refractivity contribution in [3.63, 3.8) is 0 Å². The zero-order valence-electron chi connectivity index (χ0n) is 23.0. The Morgan fingerprint density at radius 3 is 1.71 bits per heavy atom. The van der Waals surface area contributed by atoms with Crippen molar-refractivity contribution in [3.05, 3.63) is 12.3 Å². The molecule has 2 aliphatic heterocycles. The zero-order chi connectivity index (χ0) is 27.0. The van der Waals surface area contributed by atoms with E-state index in [1.165, 1.54) is 12.3 Å². The Morgan fingerprint density at radius 1 is 0.743 bits per heavy atom. The van der Waals surface area contributed by atoms with Crippen LogP contribution in [-0.4, -0.2) is 99.3 Å². The lowest BCUT2D eigenvalue weighted by molar-refractivity contribution is -0.323. The number of ether oxygens (including phenoxy) is 3. The molecule has 0 unspecified atom stereocenters. The van der Waals surface area contributed by atoms with Crippen molar-refractivity contribution in [2.75, 3.05) is 13.2 Å². The van der Waals surface area contributed by atoms with E-state index in [2.05, 4.69) is 67.7 Å². The third-order valence-corrected chi connectivity index (χ3v) is 17.0. The molecule has 0 saturated carbocycles. The molecule has 8 atom stereocenters. The Bertz CT molecular complexity index is 717. The monoisotopic (exact) mass is 536 g/mol. The number of aliphatic hydroxyl groups is 4. The van der Waals surface area contributed by atoms with E-state index in [1.807, 2.05) is 0 Å². The summed E-state index contributed by atoms with van der Waals surface area (Å²) >= 11 is 0. The van der Waals surface area contributed by atoms with Crippen LogP contribution in [-0.2, 0) is 23.1 Å². The Hall–Kier alpha value is -0.346. The fourth-order valence-corrected chi connectivity index (χ4v) is 5.30. The minimum absolute atomic E-state index is 0.00718. The Balaban J connectivity index is 2.13. The largest absolute Gasteiger partial charge is 0.493 e. The van der Waals surface area contributed by atoms with Crippen LogP contribution in [0.5, 0.6) is 0 Å². The SMILES string of the molecule is CC(C)(C)[Si](C)(C)OC[C@H]1O[C@@H](O[C@@H]2[C@H](O)C=CO[C@@H]2CO[Si](C)(C)C(C)(C)C)[C@H](O)[C@@H](O)[C@H]1O. The van der Waals surface area contributed by atoms with Crippen molar-refractivity contribution in [2.24, 2.45) is 0 Å². The van der Waals surface area contributed by atoms with E-state index in [9.17, 15) is 20.4 Å². The summed E-state index contributed by atoms with van der Waals surface area (Å²) in [5.74, 6) is 0. The highest BCUT2D eigenvalue weighted by atomic mass is 28.4. The van der Waals surface area contributed by atoms with E-state index in [0.29, 0.717) is 0 Å². The van der Waals surface area contributed by atoms with Crippen LogP contribution in [0.15, 0.2) is 12.3 Å². The second-order valence-corrected chi connectivity index (χ2v) is 22.4. The predicted octanol–water partition coefficient (Wildman–Crippen LogP) is 2.50. The smallest absolute Gasteiger partial charge is 0.192 e. The van der Waals surface area contributed by atoms with Gasteiger partial charge in [0, 0.05) is 0 Å². The fourth-order valence-electron chi connectivity index (χ4n) is 3.27. The molecule has 9 nitrogen and oxygen atoms in total. The van der Waals surface area contributed by atoms with E-state index in [4.69, 9.17) is 23.1 Å². The molecule has 0 radical (unpaired) electrons. The molecule has 0 aromatic heterocycles. The molecule has 0 amide bonds. The molecule has 0 aromatic carbocycles. The molecule has 1 saturated heterocycles. The highest BCUT2D eigenvalue weighted by Gasteiger charge is 2.48. The van der Waals surface area contributed by atoms with Gasteiger partial charge in [-0.25, -0.2) is 0 Å². The van der Waals surface area contributed by atoms with E-state index in [-0.39, 0.29) is 23.3 Å². The van der Waals surface area contributed by atoms with Crippen molar-refractivity contribution in [1.82, 2.24) is 0 Å². The molecule has 0 spiro atoms. The average molecular weight is 537 g/mol. The van der Waals surface area contributed by atoms with Crippen molar-refractivity contribution in [2.45, 2.75) is 127 Å². The van der Waals surface area contributed by atoms with Crippen LogP contribution < -0.4 is 0 Å². The lowest BCUT2D eigenvalue weighted by atomic mass is 9.99. The van der Waals surface area contributed by atoms with Crippen molar-refractivity contribution in [1.29, 1.82) is 0 Å². The Morgan fingerprint density at radius 2 is 1.23 bits per heavy atom. The van der Waals surface area contributed by atoms with E-state index >= 15 is 0 Å². The average Bonchev–Trinajstić information content (AvgIpc) is 2.71. The second kappa shape index (κ2) is 11.2. The van der Waals surface area contributed by atoms with Crippen LogP contribution in [0.25, 0.3) is 0 Å². The van der Waals surface area contributed by atoms with Gasteiger partial charge in [-0.2, -0.15) is 0 Å². The van der Waals surface area contributed by atoms with Gasteiger partial charge in [0.25, 0.3) is 0 Å². The maximum Gasteiger partial charge on any atom is 0.192 e. The fraction of sp³-hybridized carbons (Fsp3) is 0.917. The summed E-state index contributed by atoms with van der Waals surface area (Å²) in [7, 11) is -4.24. The van der Waals surface area contributed by atoms with Crippen molar-refractivity contribution in [3.8, 4) is 0 Å². The van der Waals surface area contributed by atoms with Gasteiger partial charge in [-0.05, 0) is 42.3 Å². The van der Waals surface area contributed by atoms with E-state index in [0.717, 1.165) is 0 Å². The van der Waals surface area contributed by atoms with Gasteiger partial charge in [0.15, 0.2) is 22.9 Å². The Kier molecular flexibility index (Phi) is 9.86. The number of aliphatic hydroxyl groups excluding tert-OH is 4. The summed E-state index contributed by atoms with van der Waals surface area (Å²) in [4.78, 5) is 0. The summed E-state index contributed by atoms with van der Waals surface area (Å²) in [5.41, 5.74) is 0. The van der Waals surface area contributed by atoms with Gasteiger partial charge in [0.05, 0.1) is 19.5 Å². The van der Waals surface area contributed by atoms with Gasteiger partial charge >= 0.3 is 0 Å². The van der Waals surface area contributed by atoms with Crippen LogP contribution in [0.3, 0.4) is 0 Å². The molecule has 1 fully saturated rings. The van der Waals surface area contributed by atoms with Crippen LogP contribution in [0.1, 0.15) is 41.5 Å². The molecular weight excluding hydrogens is 488 g/mol. The zero-order valence-corrected chi connectivity index (χ0v) is 25.0. The van der Waals surface area contributed by atoms with Gasteiger partial charge in [-0.15, -0.1) is 0 Å². The molecule has 206 valence electrons. The summed E-state index contributed by atoms with van der Waals surface area (Å²) in [6.45, 7) is 21.3. The van der Waals surface area contributed by atoms with Crippen LogP contribution in [0.4, 0.5) is 0 Å². The van der Waals surface area contributed by atoms with Gasteiger partial charge in [-0.3, -0.25) is 0 Å². The highest BCUT2D eigenvalue weighted by molar-refractivity contribution is 6.74. The molecule has 35 heavy (non-hydrogen) atoms. The summed E-state index contributed by atoms with van der Waals surface area (Å²) in [6, 6.07) is 0. The maximum absolute atomic E-state index is 10.6. The first-order valence-corrected chi connectivity index (χ1v) is 18.2. The topological polar surface area (TPSA) is 127 Å². The molecule has 2 heterocycles. The van der Waals surface area contributed by atoms with E-state index < -0.39 is 65.7 Å². The summed E-state index contributed by atoms with van der Waals surface area (Å²) in [6.07, 6.45) is -6.30. The number of rotatable bonds is 8. The van der Waals surface area contributed by atoms with Crippen molar-refractivity contribution < 1.29 is 43.5 Å². The number of hydrogen-bond acceptors (Lipinski definition) is 9. The van der Waals surface area contributed by atoms with Crippen molar-refractivity contribution >= 4 is 16.6 Å². The molecule has 2 aliphatic rings. The molecule has 0 bridgehead atoms. The second-order valence-electron chi connectivity index (χ2n) is 12.8. The van der Waals surface area contributed by atoms with Gasteiger partial charge in [0.1, 0.15) is 42.7 Å². The highest BCUT2D eigenvalue weighted by Crippen LogP contribution is 2.38. The molecule has 2 rings (SSSR count). The normalized spacial score (nSPS) is 35.1. The molecule has 4 N–H and O–H groups in total.